The number of nitrogens with zero attached hydrogens (tertiary/aromatic N) is 3. The number of piperazine rings is 1. The molecule has 28 heavy (non-hydrogen) atoms. The van der Waals surface area contributed by atoms with E-state index in [0.717, 1.165) is 31.7 Å². The molecular weight excluding hydrogens is 352 g/mol. The summed E-state index contributed by atoms with van der Waals surface area (Å²) < 4.78 is 0. The van der Waals surface area contributed by atoms with Crippen LogP contribution < -0.4 is 10.2 Å². The van der Waals surface area contributed by atoms with Gasteiger partial charge in [0.25, 0.3) is 0 Å². The number of hydrogen-bond acceptors (Lipinski definition) is 4. The summed E-state index contributed by atoms with van der Waals surface area (Å²) in [5.74, 6) is 0.827. The van der Waals surface area contributed by atoms with Crippen LogP contribution in [0.15, 0.2) is 61.3 Å². The van der Waals surface area contributed by atoms with Crippen LogP contribution in [0.2, 0.25) is 0 Å². The number of amides is 2. The van der Waals surface area contributed by atoms with Gasteiger partial charge in [0, 0.05) is 32.6 Å². The molecule has 0 aliphatic carbocycles. The number of aromatic nitrogens is 1. The second-order valence-electron chi connectivity index (χ2n) is 6.81. The van der Waals surface area contributed by atoms with E-state index in [4.69, 9.17) is 0 Å². The Kier molecular flexibility index (Phi) is 6.78. The van der Waals surface area contributed by atoms with E-state index in [9.17, 15) is 9.59 Å². The molecule has 1 aliphatic rings. The number of anilines is 2. The molecule has 0 radical (unpaired) electrons. The van der Waals surface area contributed by atoms with E-state index in [0.29, 0.717) is 25.2 Å². The summed E-state index contributed by atoms with van der Waals surface area (Å²) in [6, 6.07) is 14.0. The number of benzene rings is 1. The number of rotatable bonds is 7. The first kappa shape index (κ1) is 19.6. The summed E-state index contributed by atoms with van der Waals surface area (Å²) in [5, 5.41) is 2.90. The van der Waals surface area contributed by atoms with E-state index in [1.807, 2.05) is 30.3 Å². The maximum absolute atomic E-state index is 12.1. The van der Waals surface area contributed by atoms with Crippen molar-refractivity contribution < 1.29 is 9.59 Å². The van der Waals surface area contributed by atoms with E-state index in [2.05, 4.69) is 33.9 Å². The highest BCUT2D eigenvalue weighted by Crippen LogP contribution is 2.17. The van der Waals surface area contributed by atoms with E-state index in [1.54, 1.807) is 11.1 Å². The highest BCUT2D eigenvalue weighted by Gasteiger charge is 2.20. The molecule has 6 heteroatoms. The Morgan fingerprint density at radius 1 is 1.07 bits per heavy atom. The number of hydrogen-bond donors (Lipinski definition) is 1. The zero-order chi connectivity index (χ0) is 19.8. The monoisotopic (exact) mass is 378 g/mol. The lowest BCUT2D eigenvalue weighted by atomic mass is 10.1. The lowest BCUT2D eigenvalue weighted by molar-refractivity contribution is -0.126. The Hall–Kier alpha value is -3.15. The van der Waals surface area contributed by atoms with Gasteiger partial charge in [-0.25, -0.2) is 4.98 Å². The largest absolute Gasteiger partial charge is 0.353 e. The molecule has 146 valence electrons. The SMILES string of the molecule is C=CC(=O)N1CCN(c2ccc(NC(=O)CCCc3ccccc3)cn2)CC1. The molecule has 1 aromatic carbocycles. The summed E-state index contributed by atoms with van der Waals surface area (Å²) in [6.07, 6.45) is 5.23. The van der Waals surface area contributed by atoms with Gasteiger partial charge in [-0.05, 0) is 36.6 Å². The molecule has 0 spiro atoms. The van der Waals surface area contributed by atoms with Crippen molar-refractivity contribution in [3.05, 3.63) is 66.9 Å². The molecule has 0 atom stereocenters. The molecule has 2 amide bonds. The predicted octanol–water partition coefficient (Wildman–Crippen LogP) is 2.88. The first-order valence-corrected chi connectivity index (χ1v) is 9.62. The van der Waals surface area contributed by atoms with Gasteiger partial charge in [0.15, 0.2) is 0 Å². The zero-order valence-corrected chi connectivity index (χ0v) is 16.0. The van der Waals surface area contributed by atoms with E-state index < -0.39 is 0 Å². The fourth-order valence-corrected chi connectivity index (χ4v) is 3.25. The van der Waals surface area contributed by atoms with Crippen molar-refractivity contribution in [1.29, 1.82) is 0 Å². The molecule has 1 aliphatic heterocycles. The Morgan fingerprint density at radius 3 is 2.46 bits per heavy atom. The maximum atomic E-state index is 12.1. The molecule has 2 heterocycles. The molecule has 0 unspecified atom stereocenters. The van der Waals surface area contributed by atoms with E-state index >= 15 is 0 Å². The molecular formula is C22H26N4O2. The van der Waals surface area contributed by atoms with Crippen molar-refractivity contribution in [2.24, 2.45) is 0 Å². The maximum Gasteiger partial charge on any atom is 0.246 e. The minimum Gasteiger partial charge on any atom is -0.353 e. The highest BCUT2D eigenvalue weighted by molar-refractivity contribution is 5.90. The molecule has 1 N–H and O–H groups in total. The minimum absolute atomic E-state index is 0.00188. The number of nitrogens with one attached hydrogen (secondary N) is 1. The Labute approximate surface area is 165 Å². The zero-order valence-electron chi connectivity index (χ0n) is 16.0. The quantitative estimate of drug-likeness (QED) is 0.753. The van der Waals surface area contributed by atoms with Crippen molar-refractivity contribution in [3.63, 3.8) is 0 Å². The van der Waals surface area contributed by atoms with Crippen LogP contribution in [0.4, 0.5) is 11.5 Å². The number of carbonyl (C=O) groups is 2. The molecule has 2 aromatic rings. The molecule has 0 saturated carbocycles. The molecule has 1 aromatic heterocycles. The van der Waals surface area contributed by atoms with Gasteiger partial charge in [-0.1, -0.05) is 36.9 Å². The normalized spacial score (nSPS) is 13.9. The number of pyridine rings is 1. The second-order valence-corrected chi connectivity index (χ2v) is 6.81. The van der Waals surface area contributed by atoms with Crippen molar-refractivity contribution in [2.45, 2.75) is 19.3 Å². The first-order chi connectivity index (χ1) is 13.7. The fourth-order valence-electron chi connectivity index (χ4n) is 3.25. The van der Waals surface area contributed by atoms with E-state index in [1.165, 1.54) is 11.6 Å². The van der Waals surface area contributed by atoms with Crippen LogP contribution in [0.3, 0.4) is 0 Å². The van der Waals surface area contributed by atoms with Gasteiger partial charge < -0.3 is 15.1 Å². The average Bonchev–Trinajstić information content (AvgIpc) is 2.74. The van der Waals surface area contributed by atoms with Crippen molar-refractivity contribution in [1.82, 2.24) is 9.88 Å². The minimum atomic E-state index is -0.0297. The molecule has 1 fully saturated rings. The molecule has 1 saturated heterocycles. The van der Waals surface area contributed by atoms with Gasteiger partial charge >= 0.3 is 0 Å². The van der Waals surface area contributed by atoms with Crippen LogP contribution >= 0.6 is 0 Å². The second kappa shape index (κ2) is 9.69. The van der Waals surface area contributed by atoms with Crippen LogP contribution in [0, 0.1) is 0 Å². The van der Waals surface area contributed by atoms with Crippen LogP contribution in [0.25, 0.3) is 0 Å². The van der Waals surface area contributed by atoms with Crippen LogP contribution in [0.1, 0.15) is 18.4 Å². The topological polar surface area (TPSA) is 65.5 Å². The fraction of sp³-hybridized carbons (Fsp3) is 0.318. The van der Waals surface area contributed by atoms with Gasteiger partial charge in [0.05, 0.1) is 11.9 Å². The smallest absolute Gasteiger partial charge is 0.246 e. The van der Waals surface area contributed by atoms with Gasteiger partial charge in [0.2, 0.25) is 11.8 Å². The third-order valence-electron chi connectivity index (χ3n) is 4.83. The van der Waals surface area contributed by atoms with Crippen molar-refractivity contribution >= 4 is 23.3 Å². The van der Waals surface area contributed by atoms with Crippen LogP contribution in [-0.4, -0.2) is 47.9 Å². The van der Waals surface area contributed by atoms with Gasteiger partial charge in [-0.15, -0.1) is 0 Å². The first-order valence-electron chi connectivity index (χ1n) is 9.62. The van der Waals surface area contributed by atoms with Crippen LogP contribution in [0.5, 0.6) is 0 Å². The third-order valence-corrected chi connectivity index (χ3v) is 4.83. The van der Waals surface area contributed by atoms with Crippen molar-refractivity contribution in [2.75, 3.05) is 36.4 Å². The van der Waals surface area contributed by atoms with Crippen LogP contribution in [-0.2, 0) is 16.0 Å². The molecule has 0 bridgehead atoms. The average molecular weight is 378 g/mol. The summed E-state index contributed by atoms with van der Waals surface area (Å²) in [7, 11) is 0. The lowest BCUT2D eigenvalue weighted by Gasteiger charge is -2.34. The Morgan fingerprint density at radius 2 is 1.82 bits per heavy atom. The Balaban J connectivity index is 1.43. The number of carbonyl (C=O) groups excluding carboxylic acids is 2. The molecule has 6 nitrogen and oxygen atoms in total. The summed E-state index contributed by atoms with van der Waals surface area (Å²) in [4.78, 5) is 32.2. The lowest BCUT2D eigenvalue weighted by Crippen LogP contribution is -2.48. The van der Waals surface area contributed by atoms with Gasteiger partial charge in [-0.2, -0.15) is 0 Å². The Bertz CT molecular complexity index is 797. The van der Waals surface area contributed by atoms with E-state index in [-0.39, 0.29) is 11.8 Å². The summed E-state index contributed by atoms with van der Waals surface area (Å²) in [6.45, 7) is 6.31. The van der Waals surface area contributed by atoms with Crippen molar-refractivity contribution in [3.8, 4) is 0 Å². The standard InChI is InChI=1S/C22H26N4O2/c1-2-22(28)26-15-13-25(14-16-26)20-12-11-19(17-23-20)24-21(27)10-6-9-18-7-4-3-5-8-18/h2-5,7-8,11-12,17H,1,6,9-10,13-16H2,(H,24,27). The predicted molar refractivity (Wildman–Crippen MR) is 111 cm³/mol. The summed E-state index contributed by atoms with van der Waals surface area (Å²) in [5.41, 5.74) is 1.95. The third kappa shape index (κ3) is 5.42. The van der Waals surface area contributed by atoms with Gasteiger partial charge in [-0.3, -0.25) is 9.59 Å². The van der Waals surface area contributed by atoms with Gasteiger partial charge in [0.1, 0.15) is 5.82 Å². The molecule has 3 rings (SSSR count). The highest BCUT2D eigenvalue weighted by atomic mass is 16.2. The summed E-state index contributed by atoms with van der Waals surface area (Å²) >= 11 is 0. The number of aryl methyl sites for hydroxylation is 1.